The number of hydrogen-bond acceptors (Lipinski definition) is 5. The Hall–Kier alpha value is -3.22. The Morgan fingerprint density at radius 3 is 2.84 bits per heavy atom. The summed E-state index contributed by atoms with van der Waals surface area (Å²) in [5, 5.41) is 7.83. The molecule has 7 heteroatoms. The van der Waals surface area contributed by atoms with E-state index in [1.165, 1.54) is 25.0 Å². The molecule has 1 saturated carbocycles. The first-order valence-electron chi connectivity index (χ1n) is 11.1. The summed E-state index contributed by atoms with van der Waals surface area (Å²) in [6.45, 7) is 6.91. The first kappa shape index (κ1) is 22.0. The molecule has 1 unspecified atom stereocenters. The van der Waals surface area contributed by atoms with Gasteiger partial charge >= 0.3 is 0 Å². The second kappa shape index (κ2) is 9.51. The first-order chi connectivity index (χ1) is 15.4. The van der Waals surface area contributed by atoms with Gasteiger partial charge in [0.25, 0.3) is 0 Å². The molecule has 0 radical (unpaired) electrons. The topological polar surface area (TPSA) is 63.8 Å². The molecule has 4 rings (SSSR count). The van der Waals surface area contributed by atoms with Crippen molar-refractivity contribution in [3.8, 4) is 5.75 Å². The van der Waals surface area contributed by atoms with Crippen molar-refractivity contribution < 1.29 is 9.13 Å². The number of hydrogen-bond donors (Lipinski definition) is 1. The van der Waals surface area contributed by atoms with Gasteiger partial charge in [-0.15, -0.1) is 0 Å². The monoisotopic (exact) mass is 435 g/mol. The summed E-state index contributed by atoms with van der Waals surface area (Å²) in [6, 6.07) is 6.36. The highest BCUT2D eigenvalue weighted by atomic mass is 19.1. The fourth-order valence-corrected chi connectivity index (χ4v) is 3.63. The predicted octanol–water partition coefficient (Wildman–Crippen LogP) is 5.57. The average molecular weight is 436 g/mol. The molecule has 0 amide bonds. The van der Waals surface area contributed by atoms with Crippen LogP contribution in [0.25, 0.3) is 11.2 Å². The van der Waals surface area contributed by atoms with Crippen LogP contribution in [0.1, 0.15) is 50.8 Å². The fraction of sp³-hybridized carbons (Fsp3) is 0.400. The van der Waals surface area contributed by atoms with Crippen LogP contribution in [0.4, 0.5) is 10.2 Å². The van der Waals surface area contributed by atoms with Gasteiger partial charge in [-0.25, -0.2) is 13.9 Å². The van der Waals surface area contributed by atoms with Gasteiger partial charge in [-0.3, -0.25) is 4.99 Å². The van der Waals surface area contributed by atoms with Gasteiger partial charge in [0, 0.05) is 36.2 Å². The summed E-state index contributed by atoms with van der Waals surface area (Å²) in [4.78, 5) is 8.99. The zero-order chi connectivity index (χ0) is 22.7. The number of aromatic nitrogens is 3. The quantitative estimate of drug-likeness (QED) is 0.446. The second-order valence-corrected chi connectivity index (χ2v) is 8.70. The second-order valence-electron chi connectivity index (χ2n) is 8.70. The van der Waals surface area contributed by atoms with Crippen LogP contribution < -0.4 is 10.1 Å². The molecule has 1 aromatic carbocycles. The normalized spacial score (nSPS) is 15.6. The zero-order valence-corrected chi connectivity index (χ0v) is 19.0. The minimum atomic E-state index is -0.281. The van der Waals surface area contributed by atoms with Crippen LogP contribution in [0.5, 0.6) is 5.75 Å². The summed E-state index contributed by atoms with van der Waals surface area (Å²) in [5.41, 5.74) is 3.41. The lowest BCUT2D eigenvalue weighted by Crippen LogP contribution is -2.12. The Morgan fingerprint density at radius 1 is 1.31 bits per heavy atom. The highest BCUT2D eigenvalue weighted by Crippen LogP contribution is 2.33. The van der Waals surface area contributed by atoms with E-state index in [9.17, 15) is 4.39 Å². The Labute approximate surface area is 188 Å². The van der Waals surface area contributed by atoms with Crippen molar-refractivity contribution in [3.63, 3.8) is 0 Å². The Kier molecular flexibility index (Phi) is 6.53. The third-order valence-electron chi connectivity index (χ3n) is 5.44. The summed E-state index contributed by atoms with van der Waals surface area (Å²) in [6.07, 6.45) is 10.1. The van der Waals surface area contributed by atoms with E-state index < -0.39 is 0 Å². The van der Waals surface area contributed by atoms with Crippen molar-refractivity contribution in [2.24, 2.45) is 16.8 Å². The molecule has 168 valence electrons. The lowest BCUT2D eigenvalue weighted by Gasteiger charge is -2.19. The van der Waals surface area contributed by atoms with E-state index >= 15 is 0 Å². The maximum atomic E-state index is 14.0. The van der Waals surface area contributed by atoms with E-state index in [0.717, 1.165) is 22.3 Å². The molecular formula is C25H30FN5O. The van der Waals surface area contributed by atoms with E-state index in [1.54, 1.807) is 17.6 Å². The van der Waals surface area contributed by atoms with Gasteiger partial charge in [0.2, 0.25) is 0 Å². The minimum absolute atomic E-state index is 0.191. The third-order valence-corrected chi connectivity index (χ3v) is 5.44. The van der Waals surface area contributed by atoms with E-state index in [4.69, 9.17) is 9.72 Å². The molecule has 1 aliphatic rings. The standard InChI is InChI=1S/C25H30FN5O/c1-16(2)11-19(13-27-4)22-14-28-31-10-9-24(30-25(22)31)29-17(3)21-12-20(26)7-8-23(21)32-15-18-5-6-18/h7-14,16-18H,5-6,15H2,1-4H3,(H,29,30)/b19-11+,27-13-. The zero-order valence-electron chi connectivity index (χ0n) is 19.0. The van der Waals surface area contributed by atoms with Crippen molar-refractivity contribution >= 4 is 23.3 Å². The van der Waals surface area contributed by atoms with Crippen LogP contribution in [0, 0.1) is 17.7 Å². The lowest BCUT2D eigenvalue weighted by molar-refractivity contribution is 0.295. The number of rotatable bonds is 9. The van der Waals surface area contributed by atoms with Crippen LogP contribution in [0.2, 0.25) is 0 Å². The number of ether oxygens (including phenoxy) is 1. The minimum Gasteiger partial charge on any atom is -0.493 e. The summed E-state index contributed by atoms with van der Waals surface area (Å²) < 4.78 is 21.7. The number of fused-ring (bicyclic) bond motifs is 1. The van der Waals surface area contributed by atoms with E-state index in [1.807, 2.05) is 31.6 Å². The molecule has 1 N–H and O–H groups in total. The van der Waals surface area contributed by atoms with Gasteiger partial charge in [0.05, 0.1) is 18.8 Å². The number of halogens is 1. The number of benzene rings is 1. The van der Waals surface area contributed by atoms with E-state index in [2.05, 4.69) is 35.3 Å². The van der Waals surface area contributed by atoms with Gasteiger partial charge in [0.1, 0.15) is 17.4 Å². The van der Waals surface area contributed by atoms with Crippen LogP contribution in [0.15, 0.2) is 47.7 Å². The van der Waals surface area contributed by atoms with Crippen molar-refractivity contribution in [2.45, 2.75) is 39.7 Å². The molecule has 3 aromatic rings. The molecule has 1 fully saturated rings. The number of allylic oxidation sites excluding steroid dienone is 2. The van der Waals surface area contributed by atoms with Gasteiger partial charge in [-0.05, 0) is 55.9 Å². The number of anilines is 1. The molecule has 1 aliphatic carbocycles. The maximum Gasteiger partial charge on any atom is 0.165 e. The van der Waals surface area contributed by atoms with E-state index in [0.29, 0.717) is 30.0 Å². The summed E-state index contributed by atoms with van der Waals surface area (Å²) in [7, 11) is 1.75. The molecule has 32 heavy (non-hydrogen) atoms. The Bertz CT molecular complexity index is 1150. The van der Waals surface area contributed by atoms with Crippen molar-refractivity contribution in [1.29, 1.82) is 0 Å². The molecule has 1 atom stereocenters. The maximum absolute atomic E-state index is 14.0. The Balaban J connectivity index is 1.61. The number of nitrogens with one attached hydrogen (secondary N) is 1. The molecular weight excluding hydrogens is 405 g/mol. The van der Waals surface area contributed by atoms with Gasteiger partial charge < -0.3 is 10.1 Å². The molecule has 2 heterocycles. The Morgan fingerprint density at radius 2 is 2.12 bits per heavy atom. The average Bonchev–Trinajstić information content (AvgIpc) is 3.49. The van der Waals surface area contributed by atoms with Crippen molar-refractivity contribution in [2.75, 3.05) is 19.0 Å². The lowest BCUT2D eigenvalue weighted by atomic mass is 10.1. The number of nitrogens with zero attached hydrogens (tertiary/aromatic N) is 4. The molecule has 2 aromatic heterocycles. The summed E-state index contributed by atoms with van der Waals surface area (Å²) >= 11 is 0. The van der Waals surface area contributed by atoms with Crippen LogP contribution in [-0.2, 0) is 0 Å². The van der Waals surface area contributed by atoms with Crippen LogP contribution in [0.3, 0.4) is 0 Å². The SMILES string of the molecule is C/N=C\C(=C/C(C)C)c1cnn2ccc(NC(C)c3cc(F)ccc3OCC3CC3)nc12. The van der Waals surface area contributed by atoms with Gasteiger partial charge in [-0.1, -0.05) is 19.9 Å². The molecule has 0 aliphatic heterocycles. The number of aliphatic imine (C=N–C) groups is 1. The van der Waals surface area contributed by atoms with Crippen molar-refractivity contribution in [1.82, 2.24) is 14.6 Å². The molecule has 6 nitrogen and oxygen atoms in total. The molecule has 0 saturated heterocycles. The first-order valence-corrected chi connectivity index (χ1v) is 11.1. The van der Waals surface area contributed by atoms with Crippen LogP contribution in [-0.4, -0.2) is 34.5 Å². The van der Waals surface area contributed by atoms with Crippen LogP contribution >= 0.6 is 0 Å². The van der Waals surface area contributed by atoms with Crippen molar-refractivity contribution in [3.05, 3.63) is 59.7 Å². The largest absolute Gasteiger partial charge is 0.493 e. The fourth-order valence-electron chi connectivity index (χ4n) is 3.63. The third kappa shape index (κ3) is 5.15. The summed E-state index contributed by atoms with van der Waals surface area (Å²) in [5.74, 6) is 2.10. The van der Waals surface area contributed by atoms with Gasteiger partial charge in [-0.2, -0.15) is 5.10 Å². The highest BCUT2D eigenvalue weighted by molar-refractivity contribution is 6.12. The van der Waals surface area contributed by atoms with Gasteiger partial charge in [0.15, 0.2) is 5.65 Å². The predicted molar refractivity (Wildman–Crippen MR) is 127 cm³/mol. The van der Waals surface area contributed by atoms with E-state index in [-0.39, 0.29) is 11.9 Å². The molecule has 0 bridgehead atoms. The highest BCUT2D eigenvalue weighted by Gasteiger charge is 2.23. The smallest absolute Gasteiger partial charge is 0.165 e. The molecule has 0 spiro atoms.